The van der Waals surface area contributed by atoms with Crippen molar-refractivity contribution in [2.45, 2.75) is 0 Å². The van der Waals surface area contributed by atoms with E-state index < -0.39 is 4.92 Å². The van der Waals surface area contributed by atoms with Gasteiger partial charge in [-0.3, -0.25) is 0 Å². The van der Waals surface area contributed by atoms with Gasteiger partial charge in [0.05, 0.1) is 6.61 Å². The lowest BCUT2D eigenvalue weighted by molar-refractivity contribution is -0.388. The van der Waals surface area contributed by atoms with Crippen molar-refractivity contribution in [1.82, 2.24) is 10.3 Å². The third kappa shape index (κ3) is 4.75. The van der Waals surface area contributed by atoms with Crippen molar-refractivity contribution < 1.29 is 9.66 Å². The van der Waals surface area contributed by atoms with E-state index in [9.17, 15) is 10.1 Å². The Balaban J connectivity index is 2.34. The minimum atomic E-state index is -0.499. The fourth-order valence-electron chi connectivity index (χ4n) is 1.27. The van der Waals surface area contributed by atoms with Gasteiger partial charge < -0.3 is 25.5 Å². The highest BCUT2D eigenvalue weighted by atomic mass is 16.6. The number of hydrogen-bond donors (Lipinski definition) is 2. The van der Waals surface area contributed by atoms with Crippen molar-refractivity contribution in [1.29, 1.82) is 0 Å². The predicted molar refractivity (Wildman–Crippen MR) is 64.1 cm³/mol. The quantitative estimate of drug-likeness (QED) is 0.394. The topological polar surface area (TPSA) is 89.3 Å². The molecule has 1 aromatic heterocycles. The van der Waals surface area contributed by atoms with E-state index in [4.69, 9.17) is 4.74 Å². The van der Waals surface area contributed by atoms with Gasteiger partial charge in [-0.05, 0) is 22.0 Å². The van der Waals surface area contributed by atoms with Gasteiger partial charge in [-0.1, -0.05) is 0 Å². The van der Waals surface area contributed by atoms with E-state index in [0.29, 0.717) is 25.4 Å². The molecule has 0 aliphatic rings. The predicted octanol–water partition coefficient (Wildman–Crippen LogP) is 0.638. The number of rotatable bonds is 8. The van der Waals surface area contributed by atoms with Crippen LogP contribution in [0.5, 0.6) is 0 Å². The normalized spacial score (nSPS) is 10.2. The summed E-state index contributed by atoms with van der Waals surface area (Å²) in [6.45, 7) is 2.70. The molecule has 0 atom stereocenters. The van der Waals surface area contributed by atoms with Crippen LogP contribution in [-0.2, 0) is 4.74 Å². The van der Waals surface area contributed by atoms with Gasteiger partial charge in [0.1, 0.15) is 11.9 Å². The molecule has 1 rings (SSSR count). The molecule has 0 aliphatic carbocycles. The number of nitro groups is 1. The molecule has 0 radical (unpaired) electrons. The third-order valence-corrected chi connectivity index (χ3v) is 2.06. The van der Waals surface area contributed by atoms with Crippen molar-refractivity contribution in [3.63, 3.8) is 0 Å². The molecule has 0 fully saturated rings. The summed E-state index contributed by atoms with van der Waals surface area (Å²) in [6, 6.07) is 3.30. The maximum Gasteiger partial charge on any atom is 0.386 e. The molecular weight excluding hydrogens is 224 g/mol. The summed E-state index contributed by atoms with van der Waals surface area (Å²) < 4.78 is 4.88. The Kier molecular flexibility index (Phi) is 5.91. The van der Waals surface area contributed by atoms with Crippen LogP contribution in [0.4, 0.5) is 11.5 Å². The molecule has 0 saturated carbocycles. The van der Waals surface area contributed by atoms with Crippen molar-refractivity contribution in [3.8, 4) is 0 Å². The molecule has 7 heteroatoms. The number of nitrogens with zero attached hydrogens (tertiary/aromatic N) is 2. The standard InChI is InChI=1S/C10H16N4O3/c1-17-8-7-11-5-6-12-9-3-2-4-13-10(9)14(15)16/h2-4,11-12H,5-8H2,1H3. The summed E-state index contributed by atoms with van der Waals surface area (Å²) in [6.07, 6.45) is 1.40. The van der Waals surface area contributed by atoms with Crippen molar-refractivity contribution >= 4 is 11.5 Å². The molecule has 2 N–H and O–H groups in total. The lowest BCUT2D eigenvalue weighted by atomic mass is 10.4. The monoisotopic (exact) mass is 240 g/mol. The van der Waals surface area contributed by atoms with Gasteiger partial charge in [-0.2, -0.15) is 0 Å². The molecule has 1 heterocycles. The summed E-state index contributed by atoms with van der Waals surface area (Å²) in [5.41, 5.74) is 0.436. The van der Waals surface area contributed by atoms with E-state index in [1.165, 1.54) is 6.20 Å². The number of ether oxygens (including phenoxy) is 1. The number of nitrogens with one attached hydrogen (secondary N) is 2. The van der Waals surface area contributed by atoms with Crippen LogP contribution in [0.1, 0.15) is 0 Å². The van der Waals surface area contributed by atoms with E-state index in [1.54, 1.807) is 19.2 Å². The molecule has 0 unspecified atom stereocenters. The van der Waals surface area contributed by atoms with E-state index in [0.717, 1.165) is 6.54 Å². The summed E-state index contributed by atoms with van der Waals surface area (Å²) in [4.78, 5) is 13.9. The molecule has 0 saturated heterocycles. The second kappa shape index (κ2) is 7.53. The van der Waals surface area contributed by atoms with Crippen molar-refractivity contribution in [2.24, 2.45) is 0 Å². The van der Waals surface area contributed by atoms with Crippen molar-refractivity contribution in [3.05, 3.63) is 28.4 Å². The summed E-state index contributed by atoms with van der Waals surface area (Å²) in [7, 11) is 1.64. The molecule has 0 amide bonds. The molecule has 0 aliphatic heterocycles. The lowest BCUT2D eigenvalue weighted by Crippen LogP contribution is -2.25. The first-order valence-corrected chi connectivity index (χ1v) is 5.28. The largest absolute Gasteiger partial charge is 0.386 e. The first kappa shape index (κ1) is 13.3. The van der Waals surface area contributed by atoms with E-state index >= 15 is 0 Å². The van der Waals surface area contributed by atoms with Gasteiger partial charge in [0.2, 0.25) is 0 Å². The second-order valence-corrected chi connectivity index (χ2v) is 3.30. The summed E-state index contributed by atoms with van der Waals surface area (Å²) >= 11 is 0. The van der Waals surface area contributed by atoms with E-state index in [-0.39, 0.29) is 5.82 Å². The van der Waals surface area contributed by atoms with Gasteiger partial charge in [0.15, 0.2) is 0 Å². The molecule has 17 heavy (non-hydrogen) atoms. The van der Waals surface area contributed by atoms with Gasteiger partial charge in [0, 0.05) is 26.7 Å². The average Bonchev–Trinajstić information content (AvgIpc) is 2.34. The SMILES string of the molecule is COCCNCCNc1cccnc1[N+](=O)[O-]. The Hall–Kier alpha value is -1.73. The minimum Gasteiger partial charge on any atom is -0.383 e. The van der Waals surface area contributed by atoms with Crippen LogP contribution in [0.2, 0.25) is 0 Å². The smallest absolute Gasteiger partial charge is 0.383 e. The van der Waals surface area contributed by atoms with Crippen molar-refractivity contribution in [2.75, 3.05) is 38.7 Å². The van der Waals surface area contributed by atoms with Crippen LogP contribution in [0.3, 0.4) is 0 Å². The van der Waals surface area contributed by atoms with Gasteiger partial charge in [0.25, 0.3) is 0 Å². The zero-order chi connectivity index (χ0) is 12.5. The Morgan fingerprint density at radius 2 is 2.29 bits per heavy atom. The maximum atomic E-state index is 10.7. The first-order valence-electron chi connectivity index (χ1n) is 5.28. The second-order valence-electron chi connectivity index (χ2n) is 3.30. The van der Waals surface area contributed by atoms with Crippen LogP contribution >= 0.6 is 0 Å². The number of methoxy groups -OCH3 is 1. The number of aromatic nitrogens is 1. The maximum absolute atomic E-state index is 10.7. The average molecular weight is 240 g/mol. The van der Waals surface area contributed by atoms with Crippen LogP contribution in [0.25, 0.3) is 0 Å². The van der Waals surface area contributed by atoms with Gasteiger partial charge >= 0.3 is 5.82 Å². The zero-order valence-electron chi connectivity index (χ0n) is 9.68. The van der Waals surface area contributed by atoms with E-state index in [2.05, 4.69) is 15.6 Å². The molecule has 0 spiro atoms. The molecule has 0 bridgehead atoms. The van der Waals surface area contributed by atoms with E-state index in [1.807, 2.05) is 0 Å². The zero-order valence-corrected chi connectivity index (χ0v) is 9.68. The molecule has 94 valence electrons. The third-order valence-electron chi connectivity index (χ3n) is 2.06. The van der Waals surface area contributed by atoms with Gasteiger partial charge in [-0.25, -0.2) is 0 Å². The summed E-state index contributed by atoms with van der Waals surface area (Å²) in [5.74, 6) is -0.149. The number of anilines is 1. The minimum absolute atomic E-state index is 0.149. The summed E-state index contributed by atoms with van der Waals surface area (Å²) in [5, 5.41) is 16.8. The highest BCUT2D eigenvalue weighted by Crippen LogP contribution is 2.19. The molecule has 0 aromatic carbocycles. The highest BCUT2D eigenvalue weighted by molar-refractivity contribution is 5.56. The Bertz CT molecular complexity index is 359. The number of hydrogen-bond acceptors (Lipinski definition) is 6. The number of pyridine rings is 1. The van der Waals surface area contributed by atoms with Crippen LogP contribution in [-0.4, -0.2) is 43.3 Å². The van der Waals surface area contributed by atoms with Crippen LogP contribution in [0, 0.1) is 10.1 Å². The fraction of sp³-hybridized carbons (Fsp3) is 0.500. The van der Waals surface area contributed by atoms with Gasteiger partial charge in [-0.15, -0.1) is 0 Å². The molecule has 1 aromatic rings. The van der Waals surface area contributed by atoms with Crippen LogP contribution in [0.15, 0.2) is 18.3 Å². The Labute approximate surface area is 99.3 Å². The first-order chi connectivity index (χ1) is 8.25. The fourth-order valence-corrected chi connectivity index (χ4v) is 1.27. The lowest BCUT2D eigenvalue weighted by Gasteiger charge is -2.07. The Morgan fingerprint density at radius 1 is 1.47 bits per heavy atom. The highest BCUT2D eigenvalue weighted by Gasteiger charge is 2.12. The van der Waals surface area contributed by atoms with Crippen LogP contribution < -0.4 is 10.6 Å². The molecule has 7 nitrogen and oxygen atoms in total. The Morgan fingerprint density at radius 3 is 3.00 bits per heavy atom. The molecular formula is C10H16N4O3.